The molecule has 1 aliphatic carbocycles. The summed E-state index contributed by atoms with van der Waals surface area (Å²) < 4.78 is 0. The van der Waals surface area contributed by atoms with E-state index in [4.69, 9.17) is 0 Å². The van der Waals surface area contributed by atoms with E-state index in [1.54, 1.807) is 6.92 Å². The van der Waals surface area contributed by atoms with Gasteiger partial charge in [0.25, 0.3) is 0 Å². The molecule has 0 saturated carbocycles. The molecule has 4 heteroatoms. The smallest absolute Gasteiger partial charge is 0.144 e. The van der Waals surface area contributed by atoms with Crippen LogP contribution in [0.1, 0.15) is 42.1 Å². The van der Waals surface area contributed by atoms with Gasteiger partial charge in [-0.2, -0.15) is 5.26 Å². The summed E-state index contributed by atoms with van der Waals surface area (Å²) in [5.41, 5.74) is 4.08. The molecule has 0 amide bonds. The molecule has 2 rings (SSSR count). The van der Waals surface area contributed by atoms with Crippen LogP contribution in [0.3, 0.4) is 0 Å². The summed E-state index contributed by atoms with van der Waals surface area (Å²) >= 11 is 0. The minimum absolute atomic E-state index is 0.417. The third-order valence-electron chi connectivity index (χ3n) is 3.40. The Bertz CT molecular complexity index is 489. The van der Waals surface area contributed by atoms with E-state index in [1.807, 2.05) is 6.92 Å². The van der Waals surface area contributed by atoms with Gasteiger partial charge >= 0.3 is 0 Å². The molecule has 18 heavy (non-hydrogen) atoms. The Morgan fingerprint density at radius 2 is 2.06 bits per heavy atom. The molecule has 1 aromatic rings. The normalized spacial score (nSPS) is 15.7. The molecule has 1 atom stereocenters. The third-order valence-corrected chi connectivity index (χ3v) is 3.40. The van der Waals surface area contributed by atoms with Gasteiger partial charge < -0.3 is 10.4 Å². The number of aromatic nitrogens is 1. The molecule has 0 unspecified atom stereocenters. The van der Waals surface area contributed by atoms with Crippen molar-refractivity contribution in [2.75, 3.05) is 11.9 Å². The van der Waals surface area contributed by atoms with Gasteiger partial charge in [-0.15, -0.1) is 0 Å². The van der Waals surface area contributed by atoms with Crippen LogP contribution < -0.4 is 5.32 Å². The Kier molecular flexibility index (Phi) is 3.83. The molecule has 0 aromatic carbocycles. The van der Waals surface area contributed by atoms with E-state index >= 15 is 0 Å². The van der Waals surface area contributed by atoms with Crippen LogP contribution in [0.2, 0.25) is 0 Å². The molecule has 4 nitrogen and oxygen atoms in total. The van der Waals surface area contributed by atoms with Crippen molar-refractivity contribution in [3.8, 4) is 6.07 Å². The van der Waals surface area contributed by atoms with Gasteiger partial charge in [0.15, 0.2) is 0 Å². The summed E-state index contributed by atoms with van der Waals surface area (Å²) in [5, 5.41) is 21.7. The van der Waals surface area contributed by atoms with Gasteiger partial charge in [0, 0.05) is 12.2 Å². The van der Waals surface area contributed by atoms with Gasteiger partial charge in [-0.3, -0.25) is 0 Å². The highest BCUT2D eigenvalue weighted by atomic mass is 16.3. The fraction of sp³-hybridized carbons (Fsp3) is 0.571. The van der Waals surface area contributed by atoms with Crippen molar-refractivity contribution < 1.29 is 5.11 Å². The fourth-order valence-corrected chi connectivity index (χ4v) is 2.51. The second-order valence-electron chi connectivity index (χ2n) is 4.93. The number of pyridine rings is 1. The van der Waals surface area contributed by atoms with E-state index in [0.717, 1.165) is 30.5 Å². The molecule has 0 spiro atoms. The fourth-order valence-electron chi connectivity index (χ4n) is 2.51. The lowest BCUT2D eigenvalue weighted by atomic mass is 9.88. The molecule has 96 valence electrons. The van der Waals surface area contributed by atoms with Crippen molar-refractivity contribution in [3.05, 3.63) is 22.4 Å². The lowest BCUT2D eigenvalue weighted by Crippen LogP contribution is -2.19. The number of anilines is 1. The van der Waals surface area contributed by atoms with E-state index in [0.29, 0.717) is 17.9 Å². The summed E-state index contributed by atoms with van der Waals surface area (Å²) in [4.78, 5) is 4.48. The SMILES string of the molecule is Cc1nc(NC[C@@H](C)O)c(C#N)c2c1CCCC2. The summed E-state index contributed by atoms with van der Waals surface area (Å²) in [5.74, 6) is 0.622. The topological polar surface area (TPSA) is 68.9 Å². The van der Waals surface area contributed by atoms with E-state index in [9.17, 15) is 10.4 Å². The van der Waals surface area contributed by atoms with E-state index in [2.05, 4.69) is 16.4 Å². The van der Waals surface area contributed by atoms with Crippen molar-refractivity contribution in [3.63, 3.8) is 0 Å². The minimum Gasteiger partial charge on any atom is -0.392 e. The second-order valence-corrected chi connectivity index (χ2v) is 4.93. The first kappa shape index (κ1) is 12.8. The number of aliphatic hydroxyl groups is 1. The zero-order valence-corrected chi connectivity index (χ0v) is 11.0. The highest BCUT2D eigenvalue weighted by molar-refractivity contribution is 5.60. The quantitative estimate of drug-likeness (QED) is 0.853. The van der Waals surface area contributed by atoms with Crippen LogP contribution in [0.15, 0.2) is 0 Å². The summed E-state index contributed by atoms with van der Waals surface area (Å²) in [6, 6.07) is 2.27. The van der Waals surface area contributed by atoms with Crippen LogP contribution in [-0.4, -0.2) is 22.7 Å². The first-order valence-corrected chi connectivity index (χ1v) is 6.48. The van der Waals surface area contributed by atoms with Crippen LogP contribution in [0, 0.1) is 18.3 Å². The Morgan fingerprint density at radius 3 is 2.67 bits per heavy atom. The molecule has 0 aliphatic heterocycles. The Balaban J connectivity index is 2.41. The standard InChI is InChI=1S/C14H19N3O/c1-9(18)8-16-14-13(7-15)12-6-4-3-5-11(12)10(2)17-14/h9,18H,3-6,8H2,1-2H3,(H,16,17)/t9-/m1/s1. The Labute approximate surface area is 108 Å². The molecule has 0 saturated heterocycles. The number of nitrogens with zero attached hydrogens (tertiary/aromatic N) is 2. The number of nitrogens with one attached hydrogen (secondary N) is 1. The third kappa shape index (κ3) is 2.46. The maximum absolute atomic E-state index is 9.34. The number of fused-ring (bicyclic) bond motifs is 1. The first-order chi connectivity index (χ1) is 8.63. The summed E-state index contributed by atoms with van der Waals surface area (Å²) in [6.45, 7) is 4.13. The van der Waals surface area contributed by atoms with Crippen LogP contribution >= 0.6 is 0 Å². The molecule has 1 aliphatic rings. The number of aryl methyl sites for hydroxylation is 1. The predicted molar refractivity (Wildman–Crippen MR) is 70.5 cm³/mol. The van der Waals surface area contributed by atoms with Crippen molar-refractivity contribution >= 4 is 5.82 Å². The molecular formula is C14H19N3O. The Morgan fingerprint density at radius 1 is 1.39 bits per heavy atom. The molecule has 1 aromatic heterocycles. The maximum Gasteiger partial charge on any atom is 0.144 e. The molecule has 0 bridgehead atoms. The number of nitriles is 1. The average molecular weight is 245 g/mol. The van der Waals surface area contributed by atoms with Crippen molar-refractivity contribution in [2.24, 2.45) is 0 Å². The first-order valence-electron chi connectivity index (χ1n) is 6.48. The monoisotopic (exact) mass is 245 g/mol. The number of aliphatic hydroxyl groups excluding tert-OH is 1. The number of hydrogen-bond donors (Lipinski definition) is 2. The average Bonchev–Trinajstić information content (AvgIpc) is 2.36. The Hall–Kier alpha value is -1.60. The van der Waals surface area contributed by atoms with Gasteiger partial charge in [0.2, 0.25) is 0 Å². The van der Waals surface area contributed by atoms with Crippen LogP contribution in [0.25, 0.3) is 0 Å². The summed E-state index contributed by atoms with van der Waals surface area (Å²) in [7, 11) is 0. The number of hydrogen-bond acceptors (Lipinski definition) is 4. The summed E-state index contributed by atoms with van der Waals surface area (Å²) in [6.07, 6.45) is 3.86. The molecule has 0 radical (unpaired) electrons. The lowest BCUT2D eigenvalue weighted by molar-refractivity contribution is 0.208. The van der Waals surface area contributed by atoms with Crippen LogP contribution in [0.4, 0.5) is 5.82 Å². The number of rotatable bonds is 3. The zero-order chi connectivity index (χ0) is 13.1. The molecule has 2 N–H and O–H groups in total. The van der Waals surface area contributed by atoms with E-state index in [1.165, 1.54) is 12.0 Å². The highest BCUT2D eigenvalue weighted by Crippen LogP contribution is 2.29. The van der Waals surface area contributed by atoms with Crippen molar-refractivity contribution in [1.82, 2.24) is 4.98 Å². The molecule has 1 heterocycles. The van der Waals surface area contributed by atoms with Gasteiger partial charge in [0.05, 0.1) is 11.7 Å². The van der Waals surface area contributed by atoms with E-state index in [-0.39, 0.29) is 0 Å². The van der Waals surface area contributed by atoms with Crippen molar-refractivity contribution in [1.29, 1.82) is 5.26 Å². The predicted octanol–water partition coefficient (Wildman–Crippen LogP) is 1.93. The second kappa shape index (κ2) is 5.36. The maximum atomic E-state index is 9.34. The van der Waals surface area contributed by atoms with Crippen LogP contribution in [0.5, 0.6) is 0 Å². The van der Waals surface area contributed by atoms with E-state index < -0.39 is 6.10 Å². The lowest BCUT2D eigenvalue weighted by Gasteiger charge is -2.21. The minimum atomic E-state index is -0.449. The van der Waals surface area contributed by atoms with Crippen LogP contribution in [-0.2, 0) is 12.8 Å². The largest absolute Gasteiger partial charge is 0.392 e. The highest BCUT2D eigenvalue weighted by Gasteiger charge is 2.20. The van der Waals surface area contributed by atoms with Gasteiger partial charge in [-0.25, -0.2) is 4.98 Å². The molecular weight excluding hydrogens is 226 g/mol. The van der Waals surface area contributed by atoms with Gasteiger partial charge in [-0.1, -0.05) is 0 Å². The van der Waals surface area contributed by atoms with Gasteiger partial charge in [0.1, 0.15) is 11.9 Å². The molecule has 0 fully saturated rings. The van der Waals surface area contributed by atoms with Gasteiger partial charge in [-0.05, 0) is 50.7 Å². The zero-order valence-electron chi connectivity index (χ0n) is 11.0. The van der Waals surface area contributed by atoms with Crippen molar-refractivity contribution in [2.45, 2.75) is 45.6 Å².